The number of nitro benzene ring substituents is 2. The number of benzene rings is 1. The lowest BCUT2D eigenvalue weighted by Gasteiger charge is -1.94. The molecule has 1 aromatic rings. The van der Waals surface area contributed by atoms with Crippen molar-refractivity contribution in [2.45, 2.75) is 0 Å². The molecule has 0 aliphatic rings. The summed E-state index contributed by atoms with van der Waals surface area (Å²) in [5.74, 6) is 0. The molecule has 0 atom stereocenters. The molecule has 0 amide bonds. The molecular weight excluding hydrogens is 190 g/mol. The lowest BCUT2D eigenvalue weighted by atomic mass is 10.2. The molecular formula is C7HN3O4. The van der Waals surface area contributed by atoms with Crippen molar-refractivity contribution < 1.29 is 9.85 Å². The molecule has 68 valence electrons. The molecule has 0 aromatic heterocycles. The summed E-state index contributed by atoms with van der Waals surface area (Å²) in [4.78, 5) is 18.8. The minimum absolute atomic E-state index is 0.402. The second-order valence-corrected chi connectivity index (χ2v) is 2.15. The van der Waals surface area contributed by atoms with Gasteiger partial charge in [0.2, 0.25) is 0 Å². The molecule has 14 heavy (non-hydrogen) atoms. The van der Waals surface area contributed by atoms with Crippen LogP contribution in [0.4, 0.5) is 11.4 Å². The van der Waals surface area contributed by atoms with Gasteiger partial charge in [0.15, 0.2) is 0 Å². The first-order valence-corrected chi connectivity index (χ1v) is 3.23. The van der Waals surface area contributed by atoms with Crippen LogP contribution in [0.25, 0.3) is 0 Å². The lowest BCUT2D eigenvalue weighted by molar-refractivity contribution is -0.422. The van der Waals surface area contributed by atoms with E-state index in [2.05, 4.69) is 6.07 Å². The van der Waals surface area contributed by atoms with E-state index < -0.39 is 26.8 Å². The second-order valence-electron chi connectivity index (χ2n) is 2.15. The minimum atomic E-state index is -0.985. The fraction of sp³-hybridized carbons (Fsp3) is 0. The molecule has 0 spiro atoms. The van der Waals surface area contributed by atoms with Gasteiger partial charge in [-0.1, -0.05) is 0 Å². The summed E-state index contributed by atoms with van der Waals surface area (Å²) in [6.07, 6.45) is 0. The molecule has 7 heteroatoms. The van der Waals surface area contributed by atoms with Gasteiger partial charge in [0.05, 0.1) is 15.9 Å². The summed E-state index contributed by atoms with van der Waals surface area (Å²) >= 11 is 0. The van der Waals surface area contributed by atoms with E-state index in [4.69, 9.17) is 5.26 Å². The Kier molecular flexibility index (Phi) is 2.39. The Bertz CT molecular complexity index is 449. The van der Waals surface area contributed by atoms with Crippen molar-refractivity contribution >= 4 is 11.4 Å². The van der Waals surface area contributed by atoms with Crippen molar-refractivity contribution in [3.63, 3.8) is 0 Å². The van der Waals surface area contributed by atoms with E-state index in [1.54, 1.807) is 0 Å². The van der Waals surface area contributed by atoms with Gasteiger partial charge >= 0.3 is 11.4 Å². The zero-order chi connectivity index (χ0) is 10.7. The Labute approximate surface area is 77.5 Å². The highest BCUT2D eigenvalue weighted by Crippen LogP contribution is 2.28. The van der Waals surface area contributed by atoms with Gasteiger partial charge in [-0.2, -0.15) is 5.26 Å². The first-order chi connectivity index (χ1) is 6.57. The van der Waals surface area contributed by atoms with Crippen LogP contribution in [-0.4, -0.2) is 9.85 Å². The Morgan fingerprint density at radius 1 is 1.36 bits per heavy atom. The average molecular weight is 191 g/mol. The Balaban J connectivity index is 3.53. The van der Waals surface area contributed by atoms with E-state index in [1.807, 2.05) is 6.07 Å². The number of nitriles is 1. The van der Waals surface area contributed by atoms with Crippen LogP contribution < -0.4 is 0 Å². The first-order valence-electron chi connectivity index (χ1n) is 3.23. The maximum Gasteiger partial charge on any atom is 0.364 e. The van der Waals surface area contributed by atoms with E-state index in [1.165, 1.54) is 6.07 Å². The SMILES string of the molecule is N#Cc1c[c][c]c([N+](=O)[O-])c1[N+](=O)[O-]. The van der Waals surface area contributed by atoms with Crippen molar-refractivity contribution in [3.8, 4) is 6.07 Å². The summed E-state index contributed by atoms with van der Waals surface area (Å²) < 4.78 is 0. The molecule has 1 rings (SSSR count). The van der Waals surface area contributed by atoms with E-state index in [-0.39, 0.29) is 0 Å². The van der Waals surface area contributed by atoms with Crippen LogP contribution in [-0.2, 0) is 0 Å². The predicted molar refractivity (Wildman–Crippen MR) is 42.1 cm³/mol. The van der Waals surface area contributed by atoms with Gasteiger partial charge in [0.25, 0.3) is 0 Å². The third-order valence-corrected chi connectivity index (χ3v) is 1.37. The number of nitrogens with zero attached hydrogens (tertiary/aromatic N) is 3. The van der Waals surface area contributed by atoms with Gasteiger partial charge < -0.3 is 0 Å². The maximum atomic E-state index is 10.4. The molecule has 2 radical (unpaired) electrons. The number of hydrogen-bond acceptors (Lipinski definition) is 5. The van der Waals surface area contributed by atoms with Crippen LogP contribution in [0, 0.1) is 43.7 Å². The van der Waals surface area contributed by atoms with Crippen LogP contribution in [0.3, 0.4) is 0 Å². The molecule has 0 unspecified atom stereocenters. The van der Waals surface area contributed by atoms with Crippen molar-refractivity contribution in [2.75, 3.05) is 0 Å². The number of hydrogen-bond donors (Lipinski definition) is 0. The fourth-order valence-corrected chi connectivity index (χ4v) is 0.834. The fourth-order valence-electron chi connectivity index (χ4n) is 0.834. The lowest BCUT2D eigenvalue weighted by Crippen LogP contribution is -1.99. The molecule has 7 nitrogen and oxygen atoms in total. The summed E-state index contributed by atoms with van der Waals surface area (Å²) in [7, 11) is 0. The minimum Gasteiger partial charge on any atom is -0.258 e. The van der Waals surface area contributed by atoms with Crippen LogP contribution in [0.5, 0.6) is 0 Å². The van der Waals surface area contributed by atoms with Crippen molar-refractivity contribution in [3.05, 3.63) is 44.0 Å². The van der Waals surface area contributed by atoms with Gasteiger partial charge in [-0.05, 0) is 12.1 Å². The monoisotopic (exact) mass is 191 g/mol. The third-order valence-electron chi connectivity index (χ3n) is 1.37. The Hall–Kier alpha value is -2.49. The molecule has 0 saturated heterocycles. The summed E-state index contributed by atoms with van der Waals surface area (Å²) in [5.41, 5.74) is -2.11. The van der Waals surface area contributed by atoms with Gasteiger partial charge in [-0.3, -0.25) is 20.2 Å². The normalized spacial score (nSPS) is 9.07. The first kappa shape index (κ1) is 9.60. The zero-order valence-electron chi connectivity index (χ0n) is 6.55. The molecule has 0 N–H and O–H groups in total. The van der Waals surface area contributed by atoms with Crippen molar-refractivity contribution in [2.24, 2.45) is 0 Å². The largest absolute Gasteiger partial charge is 0.364 e. The topological polar surface area (TPSA) is 110 Å². The molecule has 0 heterocycles. The van der Waals surface area contributed by atoms with E-state index in [0.29, 0.717) is 0 Å². The molecule has 0 fully saturated rings. The Morgan fingerprint density at radius 2 is 2.00 bits per heavy atom. The second kappa shape index (κ2) is 3.49. The standard InChI is InChI=1S/C7HN3O4/c8-4-5-2-1-3-6(9(11)12)7(5)10(13)14/h2H. The van der Waals surface area contributed by atoms with E-state index in [9.17, 15) is 20.2 Å². The summed E-state index contributed by atoms with van der Waals surface area (Å²) in [6.45, 7) is 0. The molecule has 0 aliphatic heterocycles. The van der Waals surface area contributed by atoms with Gasteiger partial charge in [0, 0.05) is 0 Å². The highest BCUT2D eigenvalue weighted by atomic mass is 16.6. The number of rotatable bonds is 2. The molecule has 0 saturated carbocycles. The molecule has 1 aromatic carbocycles. The van der Waals surface area contributed by atoms with E-state index >= 15 is 0 Å². The molecule has 0 bridgehead atoms. The van der Waals surface area contributed by atoms with Gasteiger partial charge in [-0.15, -0.1) is 0 Å². The Morgan fingerprint density at radius 3 is 2.43 bits per heavy atom. The summed E-state index contributed by atoms with van der Waals surface area (Å²) in [6, 6.07) is 6.59. The maximum absolute atomic E-state index is 10.4. The van der Waals surface area contributed by atoms with E-state index in [0.717, 1.165) is 6.07 Å². The highest BCUT2D eigenvalue weighted by molar-refractivity contribution is 5.61. The van der Waals surface area contributed by atoms with Crippen LogP contribution in [0.1, 0.15) is 5.56 Å². The summed E-state index contributed by atoms with van der Waals surface area (Å²) in [5, 5.41) is 29.2. The highest BCUT2D eigenvalue weighted by Gasteiger charge is 2.28. The third kappa shape index (κ3) is 1.49. The van der Waals surface area contributed by atoms with Crippen LogP contribution >= 0.6 is 0 Å². The smallest absolute Gasteiger partial charge is 0.258 e. The van der Waals surface area contributed by atoms with Crippen molar-refractivity contribution in [1.29, 1.82) is 5.26 Å². The zero-order valence-corrected chi connectivity index (χ0v) is 6.55. The molecule has 0 aliphatic carbocycles. The average Bonchev–Trinajstić information content (AvgIpc) is 2.16. The quantitative estimate of drug-likeness (QED) is 0.510. The number of nitro groups is 2. The van der Waals surface area contributed by atoms with Crippen LogP contribution in [0.15, 0.2) is 6.07 Å². The predicted octanol–water partition coefficient (Wildman–Crippen LogP) is 0.975. The van der Waals surface area contributed by atoms with Crippen LogP contribution in [0.2, 0.25) is 0 Å². The van der Waals surface area contributed by atoms with Gasteiger partial charge in [-0.25, -0.2) is 0 Å². The van der Waals surface area contributed by atoms with Crippen molar-refractivity contribution in [1.82, 2.24) is 0 Å². The van der Waals surface area contributed by atoms with Gasteiger partial charge in [0.1, 0.15) is 11.6 Å².